The van der Waals surface area contributed by atoms with E-state index in [1.165, 1.54) is 0 Å². The number of hydrogen-bond donors (Lipinski definition) is 3. The second kappa shape index (κ2) is 12.9. The van der Waals surface area contributed by atoms with Gasteiger partial charge in [-0.25, -0.2) is 14.4 Å². The lowest BCUT2D eigenvalue weighted by Gasteiger charge is -2.19. The minimum Gasteiger partial charge on any atom is -0.480 e. The van der Waals surface area contributed by atoms with Crippen LogP contribution >= 0.6 is 18.9 Å². The number of urea groups is 1. The summed E-state index contributed by atoms with van der Waals surface area (Å²) in [7, 11) is 3.54. The monoisotopic (exact) mass is 382 g/mol. The van der Waals surface area contributed by atoms with E-state index in [2.05, 4.69) is 19.7 Å². The molecule has 0 aliphatic rings. The second-order valence-electron chi connectivity index (χ2n) is 5.02. The van der Waals surface area contributed by atoms with Gasteiger partial charge in [0, 0.05) is 6.42 Å². The molecule has 0 spiro atoms. The Morgan fingerprint density at radius 2 is 1.62 bits per heavy atom. The molecule has 0 aliphatic heterocycles. The number of rotatable bonds is 11. The predicted molar refractivity (Wildman–Crippen MR) is 91.9 cm³/mol. The number of aliphatic carboxylic acids is 1. The fraction of sp³-hybridized carbons (Fsp3) is 0.692. The Morgan fingerprint density at radius 1 is 1.00 bits per heavy atom. The van der Waals surface area contributed by atoms with Gasteiger partial charge in [-0.15, -0.1) is 0 Å². The molecule has 4 atom stereocenters. The average molecular weight is 382 g/mol. The van der Waals surface area contributed by atoms with E-state index in [0.717, 1.165) is 12.8 Å². The van der Waals surface area contributed by atoms with Crippen molar-refractivity contribution in [1.29, 1.82) is 0 Å². The van der Waals surface area contributed by atoms with Gasteiger partial charge < -0.3 is 24.8 Å². The SMILES string of the molecule is CCCCC[C@H](NC(=O)N[C@@H](CCC(=O)OP)C(=O)OP)C(=O)O. The van der Waals surface area contributed by atoms with Crippen LogP contribution in [0.2, 0.25) is 0 Å². The predicted octanol–water partition coefficient (Wildman–Crippen LogP) is 1.13. The van der Waals surface area contributed by atoms with E-state index in [-0.39, 0.29) is 19.3 Å². The molecule has 0 heterocycles. The summed E-state index contributed by atoms with van der Waals surface area (Å²) in [4.78, 5) is 45.8. The van der Waals surface area contributed by atoms with Crippen molar-refractivity contribution < 1.29 is 33.3 Å². The van der Waals surface area contributed by atoms with E-state index in [1.54, 1.807) is 18.9 Å². The minimum atomic E-state index is -1.15. The molecule has 11 heteroatoms. The lowest BCUT2D eigenvalue weighted by atomic mass is 10.1. The summed E-state index contributed by atoms with van der Waals surface area (Å²) in [6.45, 7) is 1.98. The van der Waals surface area contributed by atoms with Crippen molar-refractivity contribution in [3.05, 3.63) is 0 Å². The molecule has 0 aliphatic carbocycles. The van der Waals surface area contributed by atoms with Gasteiger partial charge in [-0.1, -0.05) is 26.2 Å². The normalized spacial score (nSPS) is 12.6. The molecule has 24 heavy (non-hydrogen) atoms. The highest BCUT2D eigenvalue weighted by atomic mass is 31.0. The lowest BCUT2D eigenvalue weighted by molar-refractivity contribution is -0.139. The zero-order valence-corrected chi connectivity index (χ0v) is 15.8. The van der Waals surface area contributed by atoms with Gasteiger partial charge in [0.15, 0.2) is 0 Å². The van der Waals surface area contributed by atoms with Gasteiger partial charge >= 0.3 is 23.9 Å². The summed E-state index contributed by atoms with van der Waals surface area (Å²) in [6.07, 6.45) is 2.56. The van der Waals surface area contributed by atoms with Crippen LogP contribution in [0.25, 0.3) is 0 Å². The van der Waals surface area contributed by atoms with Gasteiger partial charge in [0.25, 0.3) is 0 Å². The summed E-state index contributed by atoms with van der Waals surface area (Å²) in [5, 5.41) is 13.7. The molecule has 0 aromatic heterocycles. The molecule has 0 aromatic carbocycles. The van der Waals surface area contributed by atoms with E-state index >= 15 is 0 Å². The summed E-state index contributed by atoms with van der Waals surface area (Å²) in [5.41, 5.74) is 0. The van der Waals surface area contributed by atoms with Crippen molar-refractivity contribution in [2.45, 2.75) is 57.5 Å². The molecule has 9 nitrogen and oxygen atoms in total. The van der Waals surface area contributed by atoms with Crippen molar-refractivity contribution in [3.8, 4) is 0 Å². The molecule has 0 fully saturated rings. The fourth-order valence-corrected chi connectivity index (χ4v) is 2.15. The maximum absolute atomic E-state index is 11.9. The van der Waals surface area contributed by atoms with Crippen LogP contribution in [0.3, 0.4) is 0 Å². The highest BCUT2D eigenvalue weighted by molar-refractivity contribution is 7.11. The topological polar surface area (TPSA) is 131 Å². The summed E-state index contributed by atoms with van der Waals surface area (Å²) in [5.74, 6) is -2.51. The first-order valence-electron chi connectivity index (χ1n) is 7.45. The summed E-state index contributed by atoms with van der Waals surface area (Å²) < 4.78 is 8.86. The molecule has 0 radical (unpaired) electrons. The zero-order valence-electron chi connectivity index (χ0n) is 13.4. The molecule has 0 saturated carbocycles. The van der Waals surface area contributed by atoms with E-state index in [4.69, 9.17) is 5.11 Å². The summed E-state index contributed by atoms with van der Waals surface area (Å²) in [6, 6.07) is -2.98. The Kier molecular flexibility index (Phi) is 12.1. The van der Waals surface area contributed by atoms with Crippen LogP contribution in [-0.2, 0) is 23.4 Å². The Labute approximate surface area is 145 Å². The van der Waals surface area contributed by atoms with Gasteiger partial charge in [0.05, 0.1) is 18.9 Å². The fourth-order valence-electron chi connectivity index (χ4n) is 1.87. The Bertz CT molecular complexity index is 448. The largest absolute Gasteiger partial charge is 0.480 e. The Balaban J connectivity index is 4.63. The third kappa shape index (κ3) is 9.63. The minimum absolute atomic E-state index is 0.0402. The molecular weight excluding hydrogens is 358 g/mol. The third-order valence-electron chi connectivity index (χ3n) is 3.17. The lowest BCUT2D eigenvalue weighted by Crippen LogP contribution is -2.51. The summed E-state index contributed by atoms with van der Waals surface area (Å²) >= 11 is 0. The molecule has 0 rings (SSSR count). The quantitative estimate of drug-likeness (QED) is 0.361. The first-order chi connectivity index (χ1) is 11.3. The van der Waals surface area contributed by atoms with Crippen LogP contribution in [0.1, 0.15) is 45.4 Å². The van der Waals surface area contributed by atoms with E-state index < -0.39 is 36.0 Å². The van der Waals surface area contributed by atoms with Crippen molar-refractivity contribution >= 4 is 42.9 Å². The highest BCUT2D eigenvalue weighted by Gasteiger charge is 2.25. The van der Waals surface area contributed by atoms with E-state index in [1.807, 2.05) is 6.92 Å². The van der Waals surface area contributed by atoms with Gasteiger partial charge in [-0.2, -0.15) is 0 Å². The molecular formula is C13H24N2O7P2. The van der Waals surface area contributed by atoms with E-state index in [0.29, 0.717) is 6.42 Å². The van der Waals surface area contributed by atoms with Crippen LogP contribution in [-0.4, -0.2) is 41.1 Å². The van der Waals surface area contributed by atoms with Gasteiger partial charge in [-0.05, 0) is 12.8 Å². The number of hydrogen-bond acceptors (Lipinski definition) is 6. The smallest absolute Gasteiger partial charge is 0.330 e. The zero-order chi connectivity index (χ0) is 18.5. The third-order valence-corrected chi connectivity index (χ3v) is 3.67. The molecule has 0 aromatic rings. The maximum Gasteiger partial charge on any atom is 0.330 e. The Morgan fingerprint density at radius 3 is 2.12 bits per heavy atom. The van der Waals surface area contributed by atoms with Crippen LogP contribution < -0.4 is 10.6 Å². The molecule has 3 N–H and O–H groups in total. The van der Waals surface area contributed by atoms with Crippen molar-refractivity contribution in [3.63, 3.8) is 0 Å². The van der Waals surface area contributed by atoms with Crippen LogP contribution in [0, 0.1) is 0 Å². The Hall–Kier alpha value is -1.46. The van der Waals surface area contributed by atoms with Crippen molar-refractivity contribution in [2.24, 2.45) is 0 Å². The van der Waals surface area contributed by atoms with Gasteiger partial charge in [0.2, 0.25) is 0 Å². The molecule has 2 amide bonds. The van der Waals surface area contributed by atoms with Gasteiger partial charge in [0.1, 0.15) is 12.1 Å². The maximum atomic E-state index is 11.9. The first kappa shape index (κ1) is 22.5. The number of carboxylic acids is 1. The molecule has 0 bridgehead atoms. The number of carbonyl (C=O) groups is 4. The number of carbonyl (C=O) groups excluding carboxylic acids is 3. The molecule has 2 unspecified atom stereocenters. The number of unbranched alkanes of at least 4 members (excludes halogenated alkanes) is 2. The van der Waals surface area contributed by atoms with Crippen molar-refractivity contribution in [1.82, 2.24) is 10.6 Å². The van der Waals surface area contributed by atoms with Crippen LogP contribution in [0.15, 0.2) is 0 Å². The van der Waals surface area contributed by atoms with Crippen LogP contribution in [0.5, 0.6) is 0 Å². The highest BCUT2D eigenvalue weighted by Crippen LogP contribution is 2.07. The number of amides is 2. The number of nitrogens with one attached hydrogen (secondary N) is 2. The molecule has 0 saturated heterocycles. The average Bonchev–Trinajstić information content (AvgIpc) is 2.56. The first-order valence-corrected chi connectivity index (χ1v) is 8.39. The van der Waals surface area contributed by atoms with Gasteiger partial charge in [-0.3, -0.25) is 4.79 Å². The number of carboxylic acid groups (broad SMARTS) is 1. The van der Waals surface area contributed by atoms with E-state index in [9.17, 15) is 19.2 Å². The molecule has 138 valence electrons. The van der Waals surface area contributed by atoms with Crippen molar-refractivity contribution in [2.75, 3.05) is 0 Å². The van der Waals surface area contributed by atoms with Crippen LogP contribution in [0.4, 0.5) is 4.79 Å². The second-order valence-corrected chi connectivity index (χ2v) is 5.49. The standard InChI is InChI=1S/C13H24N2O7P2/c1-2-3-4-5-8(11(17)18)14-13(20)15-9(12(19)22-24)6-7-10(16)21-23/h8-9H,2-7,23-24H2,1H3,(H,17,18)(H2,14,15,20)/t8-,9-/m0/s1.